The molecular weight excluding hydrogens is 615 g/mol. The maximum absolute atomic E-state index is 13.5. The van der Waals surface area contributed by atoms with Gasteiger partial charge in [-0.1, -0.05) is 45.5 Å². The van der Waals surface area contributed by atoms with E-state index in [4.69, 9.17) is 18.4 Å². The van der Waals surface area contributed by atoms with Crippen LogP contribution in [-0.4, -0.2) is 73.2 Å². The number of esters is 1. The number of carbonyl (C=O) groups is 2. The minimum Gasteiger partial charge on any atom is -0.543 e. The van der Waals surface area contributed by atoms with Gasteiger partial charge >= 0.3 is 5.97 Å². The Morgan fingerprint density at radius 2 is 1.87 bits per heavy atom. The van der Waals surface area contributed by atoms with Crippen LogP contribution >= 0.6 is 11.8 Å². The first-order valence-electron chi connectivity index (χ1n) is 15.2. The van der Waals surface area contributed by atoms with Crippen LogP contribution in [0, 0.1) is 25.7 Å². The van der Waals surface area contributed by atoms with Crippen LogP contribution in [0.3, 0.4) is 0 Å². The number of carbonyl (C=O) groups excluding carboxylic acids is 2. The second kappa shape index (κ2) is 17.2. The zero-order valence-corrected chi connectivity index (χ0v) is 30.0. The van der Waals surface area contributed by atoms with Gasteiger partial charge in [-0.3, -0.25) is 4.79 Å². The fraction of sp³-hybridized carbons (Fsp3) is 0.625. The third-order valence-electron chi connectivity index (χ3n) is 8.73. The van der Waals surface area contributed by atoms with Gasteiger partial charge in [0.2, 0.25) is 11.8 Å². The highest BCUT2D eigenvalue weighted by molar-refractivity contribution is 7.98. The van der Waals surface area contributed by atoms with Crippen molar-refractivity contribution in [1.29, 1.82) is 0 Å². The second-order valence-corrected chi connectivity index (χ2v) is 18.1. The van der Waals surface area contributed by atoms with E-state index in [-0.39, 0.29) is 49.0 Å². The van der Waals surface area contributed by atoms with Gasteiger partial charge < -0.3 is 34.0 Å². The Morgan fingerprint density at radius 1 is 1.20 bits per heavy atom. The van der Waals surface area contributed by atoms with Crippen LogP contribution in [0.4, 0.5) is 0 Å². The summed E-state index contributed by atoms with van der Waals surface area (Å²) in [5.41, 5.74) is 1.68. The van der Waals surface area contributed by atoms with E-state index in [1.807, 2.05) is 13.0 Å². The van der Waals surface area contributed by atoms with Crippen molar-refractivity contribution in [2.24, 2.45) is 11.8 Å². The number of rotatable bonds is 19. The lowest BCUT2D eigenvalue weighted by atomic mass is 9.99. The zero-order chi connectivity index (χ0) is 33.9. The molecule has 45 heavy (non-hydrogen) atoms. The molecule has 0 bridgehead atoms. The summed E-state index contributed by atoms with van der Waals surface area (Å²) >= 11 is 1.47. The molecule has 1 amide bonds. The summed E-state index contributed by atoms with van der Waals surface area (Å²) in [7, 11) is -0.861. The lowest BCUT2D eigenvalue weighted by Gasteiger charge is -2.43. The molecule has 0 spiro atoms. The van der Waals surface area contributed by atoms with Gasteiger partial charge in [-0.15, -0.1) is 0 Å². The normalized spacial score (nSPS) is 12.7. The number of aryl methyl sites for hydroxylation is 1. The summed E-state index contributed by atoms with van der Waals surface area (Å²) in [5.74, 6) is 1.67. The van der Waals surface area contributed by atoms with E-state index < -0.39 is 20.3 Å². The fourth-order valence-electron chi connectivity index (χ4n) is 4.57. The molecule has 1 aromatic heterocycles. The number of aliphatic hydroxyl groups is 2. The van der Waals surface area contributed by atoms with Gasteiger partial charge in [-0.05, 0) is 44.3 Å². The van der Waals surface area contributed by atoms with E-state index in [0.29, 0.717) is 57.9 Å². The van der Waals surface area contributed by atoms with Gasteiger partial charge in [0, 0.05) is 54.3 Å². The first kappa shape index (κ1) is 38.3. The van der Waals surface area contributed by atoms with E-state index in [2.05, 4.69) is 62.8 Å². The van der Waals surface area contributed by atoms with E-state index >= 15 is 0 Å². The molecule has 0 saturated heterocycles. The maximum atomic E-state index is 13.5. The largest absolute Gasteiger partial charge is 0.543 e. The second-order valence-electron chi connectivity index (χ2n) is 12.5. The van der Waals surface area contributed by atoms with Crippen molar-refractivity contribution in [3.05, 3.63) is 47.1 Å². The highest BCUT2D eigenvalue weighted by atomic mass is 32.2. The minimum atomic E-state index is -2.42. The molecule has 3 N–H and O–H groups in total. The molecule has 1 aromatic carbocycles. The molecule has 2 aromatic rings. The predicted octanol–water partition coefficient (Wildman–Crippen LogP) is 5.53. The molecule has 2 rings (SSSR count). The standard InChI is InChI=1S/C32H51N3O8SSi/c1-11-14-41-31(39)29-21(4)26(40-8)15-27(43-45(9,10)32(6,7)20(2)3)24(29)18-44-19-25(30-33-22(5)35-42-30)34-28(38)13-12-23(16-36)17-37/h11,15,20,23,25,36-37H,1,12-14,16-19H2,2-10H3,(H,34,38). The molecule has 0 aliphatic rings. The highest BCUT2D eigenvalue weighted by Gasteiger charge is 2.45. The number of hydrogen-bond donors (Lipinski definition) is 3. The monoisotopic (exact) mass is 665 g/mol. The number of ether oxygens (including phenoxy) is 2. The summed E-state index contributed by atoms with van der Waals surface area (Å²) < 4.78 is 23.5. The van der Waals surface area contributed by atoms with Crippen LogP contribution in [0.2, 0.25) is 18.1 Å². The molecule has 0 saturated carbocycles. The van der Waals surface area contributed by atoms with Crippen molar-refractivity contribution >= 4 is 32.0 Å². The van der Waals surface area contributed by atoms with Gasteiger partial charge in [0.05, 0.1) is 12.7 Å². The van der Waals surface area contributed by atoms with Crippen molar-refractivity contribution in [1.82, 2.24) is 15.5 Å². The third-order valence-corrected chi connectivity index (χ3v) is 14.2. The number of amides is 1. The molecule has 1 unspecified atom stereocenters. The van der Waals surface area contributed by atoms with Crippen molar-refractivity contribution in [2.75, 3.05) is 32.7 Å². The number of aliphatic hydroxyl groups excluding tert-OH is 2. The summed E-state index contributed by atoms with van der Waals surface area (Å²) in [5, 5.41) is 25.5. The molecule has 13 heteroatoms. The SMILES string of the molecule is C=CCOC(=O)c1c(C)c(OC)cc(O[Si](C)(C)C(C)(C)C(C)C)c1CSCC(NC(=O)CCC(CO)CO)c1nc(C)no1. The maximum Gasteiger partial charge on any atom is 0.339 e. The van der Waals surface area contributed by atoms with E-state index in [9.17, 15) is 19.8 Å². The van der Waals surface area contributed by atoms with Crippen molar-refractivity contribution in [2.45, 2.75) is 84.3 Å². The van der Waals surface area contributed by atoms with Gasteiger partial charge in [0.1, 0.15) is 24.1 Å². The first-order valence-corrected chi connectivity index (χ1v) is 19.3. The molecule has 1 atom stereocenters. The lowest BCUT2D eigenvalue weighted by molar-refractivity contribution is -0.122. The van der Waals surface area contributed by atoms with Crippen molar-refractivity contribution < 1.29 is 38.2 Å². The van der Waals surface area contributed by atoms with Gasteiger partial charge in [0.25, 0.3) is 8.32 Å². The topological polar surface area (TPSA) is 153 Å². The Kier molecular flexibility index (Phi) is 14.6. The van der Waals surface area contributed by atoms with Crippen LogP contribution in [0.5, 0.6) is 11.5 Å². The van der Waals surface area contributed by atoms with Crippen LogP contribution in [0.1, 0.15) is 79.8 Å². The number of thioether (sulfide) groups is 1. The first-order chi connectivity index (χ1) is 21.1. The zero-order valence-electron chi connectivity index (χ0n) is 28.2. The number of aromatic nitrogens is 2. The number of nitrogens with one attached hydrogen (secondary N) is 1. The number of nitrogens with zero attached hydrogens (tertiary/aromatic N) is 2. The van der Waals surface area contributed by atoms with Gasteiger partial charge in [0.15, 0.2) is 5.82 Å². The summed E-state index contributed by atoms with van der Waals surface area (Å²) in [6, 6.07) is 1.23. The highest BCUT2D eigenvalue weighted by Crippen LogP contribution is 2.47. The van der Waals surface area contributed by atoms with Gasteiger partial charge in [-0.25, -0.2) is 4.79 Å². The van der Waals surface area contributed by atoms with Crippen LogP contribution in [0.25, 0.3) is 0 Å². The van der Waals surface area contributed by atoms with Gasteiger partial charge in [-0.2, -0.15) is 16.7 Å². The Labute approximate surface area is 272 Å². The summed E-state index contributed by atoms with van der Waals surface area (Å²) in [6.07, 6.45) is 1.96. The fourth-order valence-corrected chi connectivity index (χ4v) is 8.02. The Bertz CT molecular complexity index is 1290. The van der Waals surface area contributed by atoms with E-state index in [1.54, 1.807) is 14.0 Å². The molecule has 0 aliphatic heterocycles. The summed E-state index contributed by atoms with van der Waals surface area (Å²) in [6.45, 7) is 20.0. The molecular formula is C32H51N3O8SSi. The quantitative estimate of drug-likeness (QED) is 0.0986. The molecule has 11 nitrogen and oxygen atoms in total. The third kappa shape index (κ3) is 10.1. The van der Waals surface area contributed by atoms with Crippen LogP contribution in [-0.2, 0) is 15.3 Å². The van der Waals surface area contributed by atoms with E-state index in [0.717, 1.165) is 0 Å². The average Bonchev–Trinajstić information content (AvgIpc) is 3.42. The van der Waals surface area contributed by atoms with E-state index in [1.165, 1.54) is 17.8 Å². The molecule has 252 valence electrons. The number of hydrogen-bond acceptors (Lipinski definition) is 11. The average molecular weight is 666 g/mol. The Hall–Kier alpha value is -2.87. The Morgan fingerprint density at radius 3 is 2.40 bits per heavy atom. The van der Waals surface area contributed by atoms with Crippen molar-refractivity contribution in [3.8, 4) is 11.5 Å². The molecule has 1 heterocycles. The van der Waals surface area contributed by atoms with Crippen molar-refractivity contribution in [3.63, 3.8) is 0 Å². The van der Waals surface area contributed by atoms with Crippen LogP contribution in [0.15, 0.2) is 23.2 Å². The predicted molar refractivity (Wildman–Crippen MR) is 178 cm³/mol. The number of benzene rings is 1. The summed E-state index contributed by atoms with van der Waals surface area (Å²) in [4.78, 5) is 30.7. The lowest BCUT2D eigenvalue weighted by Crippen LogP contribution is -2.48. The molecule has 0 radical (unpaired) electrons. The minimum absolute atomic E-state index is 0.0525. The smallest absolute Gasteiger partial charge is 0.339 e. The molecule has 0 fully saturated rings. The molecule has 0 aliphatic carbocycles. The number of methoxy groups -OCH3 is 1. The Balaban J connectivity index is 2.49. The van der Waals surface area contributed by atoms with Crippen LogP contribution < -0.4 is 14.5 Å².